The van der Waals surface area contributed by atoms with Crippen LogP contribution in [-0.2, 0) is 0 Å². The number of nitrogens with zero attached hydrogens (tertiary/aromatic N) is 2. The molecule has 1 aliphatic rings. The zero-order valence-electron chi connectivity index (χ0n) is 19.5. The summed E-state index contributed by atoms with van der Waals surface area (Å²) in [5.74, 6) is 0. The zero-order chi connectivity index (χ0) is 26.5. The summed E-state index contributed by atoms with van der Waals surface area (Å²) in [6, 6.07) is 23.3. The van der Waals surface area contributed by atoms with Crippen LogP contribution >= 0.6 is 0 Å². The van der Waals surface area contributed by atoms with E-state index in [1.165, 1.54) is 9.48 Å². The fraction of sp³-hybridized carbons (Fsp3) is 0.138. The van der Waals surface area contributed by atoms with E-state index in [4.69, 9.17) is 0 Å². The molecule has 0 radical (unpaired) electrons. The Hall–Kier alpha value is -4.07. The van der Waals surface area contributed by atoms with Crippen LogP contribution in [0.5, 0.6) is 0 Å². The molecule has 4 rings (SSSR count). The monoisotopic (exact) mass is 513 g/mol. The maximum Gasteiger partial charge on any atom is 0.448 e. The van der Waals surface area contributed by atoms with Crippen molar-refractivity contribution in [1.29, 1.82) is 0 Å². The van der Waals surface area contributed by atoms with E-state index >= 15 is 0 Å². The summed E-state index contributed by atoms with van der Waals surface area (Å²) in [5.41, 5.74) is 3.12. The van der Waals surface area contributed by atoms with Gasteiger partial charge in [0, 0.05) is 35.7 Å². The van der Waals surface area contributed by atoms with Crippen LogP contribution in [0.1, 0.15) is 5.56 Å². The van der Waals surface area contributed by atoms with Gasteiger partial charge in [-0.3, -0.25) is 0 Å². The van der Waals surface area contributed by atoms with Crippen LogP contribution in [0.4, 0.5) is 43.4 Å². The molecule has 3 aromatic rings. The number of hydrogen-bond donors (Lipinski definition) is 0. The van der Waals surface area contributed by atoms with E-state index in [0.29, 0.717) is 22.8 Å². The largest absolute Gasteiger partial charge is 0.448 e. The number of halogens is 6. The Bertz CT molecular complexity index is 1300. The lowest BCUT2D eigenvalue weighted by Gasteiger charge is -2.26. The standard InChI is InChI=1S/C29H23F6N2/c30-28(31,32)20-36(24-7-3-1-4-8-24)26-15-11-22(12-16-26)19-23-13-17-27(18-14-23)37(21-29(33,34)35)25-9-5-2-6-10-25/h1-19H,20-21H2/q+1. The molecule has 0 fully saturated rings. The average Bonchev–Trinajstić information content (AvgIpc) is 2.87. The molecule has 0 atom stereocenters. The molecule has 2 nitrogen and oxygen atoms in total. The van der Waals surface area contributed by atoms with Gasteiger partial charge in [0.2, 0.25) is 17.9 Å². The Morgan fingerprint density at radius 2 is 1.16 bits per heavy atom. The smallest absolute Gasteiger partial charge is 0.332 e. The molecule has 3 aromatic carbocycles. The van der Waals surface area contributed by atoms with Crippen LogP contribution in [0.15, 0.2) is 115 Å². The first kappa shape index (κ1) is 26.0. The highest BCUT2D eigenvalue weighted by Crippen LogP contribution is 2.30. The van der Waals surface area contributed by atoms with Crippen molar-refractivity contribution in [2.45, 2.75) is 12.4 Å². The van der Waals surface area contributed by atoms with Gasteiger partial charge >= 0.3 is 12.4 Å². The summed E-state index contributed by atoms with van der Waals surface area (Å²) in [6.07, 6.45) is -0.338. The van der Waals surface area contributed by atoms with Crippen LogP contribution in [0.2, 0.25) is 0 Å². The van der Waals surface area contributed by atoms with Gasteiger partial charge < -0.3 is 4.90 Å². The highest BCUT2D eigenvalue weighted by Gasteiger charge is 2.36. The van der Waals surface area contributed by atoms with E-state index in [9.17, 15) is 26.3 Å². The first-order valence-electron chi connectivity index (χ1n) is 11.4. The van der Waals surface area contributed by atoms with E-state index in [1.807, 2.05) is 0 Å². The molecule has 8 heteroatoms. The second-order valence-electron chi connectivity index (χ2n) is 8.40. The molecule has 0 N–H and O–H groups in total. The second kappa shape index (κ2) is 10.9. The number of benzene rings is 3. The molecule has 190 valence electrons. The van der Waals surface area contributed by atoms with E-state index in [1.54, 1.807) is 115 Å². The van der Waals surface area contributed by atoms with E-state index < -0.39 is 25.4 Å². The normalized spacial score (nSPS) is 13.6. The minimum atomic E-state index is -4.39. The lowest BCUT2D eigenvalue weighted by Crippen LogP contribution is -2.30. The van der Waals surface area contributed by atoms with Crippen molar-refractivity contribution in [1.82, 2.24) is 0 Å². The Morgan fingerprint density at radius 3 is 1.70 bits per heavy atom. The van der Waals surface area contributed by atoms with Crippen LogP contribution in [0.25, 0.3) is 6.08 Å². The molecular formula is C29H23F6N2+. The van der Waals surface area contributed by atoms with Crippen molar-refractivity contribution < 1.29 is 30.9 Å². The third-order valence-electron chi connectivity index (χ3n) is 5.55. The summed E-state index contributed by atoms with van der Waals surface area (Å²) in [6.45, 7) is -2.26. The van der Waals surface area contributed by atoms with E-state index in [2.05, 4.69) is 0 Å². The number of hydrogen-bond acceptors (Lipinski definition) is 1. The quantitative estimate of drug-likeness (QED) is 0.238. The van der Waals surface area contributed by atoms with Gasteiger partial charge in [-0.25, -0.2) is 0 Å². The molecule has 0 spiro atoms. The predicted octanol–water partition coefficient (Wildman–Crippen LogP) is 8.24. The molecular weight excluding hydrogens is 490 g/mol. The molecule has 0 bridgehead atoms. The Kier molecular flexibility index (Phi) is 7.66. The van der Waals surface area contributed by atoms with Gasteiger partial charge in [0.15, 0.2) is 0 Å². The molecule has 37 heavy (non-hydrogen) atoms. The number of anilines is 2. The number of rotatable bonds is 6. The van der Waals surface area contributed by atoms with Crippen molar-refractivity contribution in [3.63, 3.8) is 0 Å². The van der Waals surface area contributed by atoms with Crippen LogP contribution in [0.3, 0.4) is 0 Å². The SMILES string of the molecule is FC(F)(F)CN(c1ccccc1)c1ccc(C=C2C=CC(=[N+](CC(F)(F)F)c3ccccc3)C=C2)cc1. The van der Waals surface area contributed by atoms with Gasteiger partial charge in [0.25, 0.3) is 0 Å². The lowest BCUT2D eigenvalue weighted by atomic mass is 10.0. The van der Waals surface area contributed by atoms with Crippen molar-refractivity contribution >= 4 is 28.8 Å². The lowest BCUT2D eigenvalue weighted by molar-refractivity contribution is -0.482. The Balaban J connectivity index is 1.57. The third kappa shape index (κ3) is 7.46. The van der Waals surface area contributed by atoms with Gasteiger partial charge in [-0.1, -0.05) is 48.5 Å². The highest BCUT2D eigenvalue weighted by atomic mass is 19.4. The second-order valence-corrected chi connectivity index (χ2v) is 8.40. The van der Waals surface area contributed by atoms with E-state index in [-0.39, 0.29) is 0 Å². The summed E-state index contributed by atoms with van der Waals surface area (Å²) in [4.78, 5) is 1.19. The van der Waals surface area contributed by atoms with E-state index in [0.717, 1.165) is 11.1 Å². The Morgan fingerprint density at radius 1 is 0.622 bits per heavy atom. The minimum absolute atomic E-state index is 0.390. The van der Waals surface area contributed by atoms with Crippen molar-refractivity contribution in [2.24, 2.45) is 0 Å². The molecule has 0 unspecified atom stereocenters. The van der Waals surface area contributed by atoms with Gasteiger partial charge in [-0.15, -0.1) is 0 Å². The molecule has 0 aromatic heterocycles. The molecule has 0 saturated heterocycles. The number of alkyl halides is 6. The average molecular weight is 514 g/mol. The van der Waals surface area contributed by atoms with Gasteiger partial charge in [-0.05, 0) is 53.6 Å². The molecule has 0 aliphatic heterocycles. The summed E-state index contributed by atoms with van der Waals surface area (Å²) >= 11 is 0. The van der Waals surface area contributed by atoms with Crippen LogP contribution < -0.4 is 4.90 Å². The predicted molar refractivity (Wildman–Crippen MR) is 134 cm³/mol. The maximum absolute atomic E-state index is 13.2. The number of allylic oxidation sites excluding steroid dienone is 5. The van der Waals surface area contributed by atoms with Crippen molar-refractivity contribution in [3.05, 3.63) is 120 Å². The Labute approximate surface area is 210 Å². The molecule has 0 saturated carbocycles. The fourth-order valence-corrected chi connectivity index (χ4v) is 3.93. The number of para-hydroxylation sites is 2. The van der Waals surface area contributed by atoms with Gasteiger partial charge in [0.1, 0.15) is 6.54 Å². The first-order valence-corrected chi connectivity index (χ1v) is 11.4. The summed E-state index contributed by atoms with van der Waals surface area (Å²) in [5, 5.41) is 0. The molecule has 0 amide bonds. The summed E-state index contributed by atoms with van der Waals surface area (Å²) < 4.78 is 80.5. The zero-order valence-corrected chi connectivity index (χ0v) is 19.5. The van der Waals surface area contributed by atoms with Gasteiger partial charge in [0.05, 0.1) is 0 Å². The van der Waals surface area contributed by atoms with Crippen molar-refractivity contribution in [2.75, 3.05) is 18.0 Å². The van der Waals surface area contributed by atoms with Gasteiger partial charge in [-0.2, -0.15) is 30.9 Å². The first-order chi connectivity index (χ1) is 17.6. The van der Waals surface area contributed by atoms with Crippen LogP contribution in [-0.4, -0.2) is 35.7 Å². The molecule has 0 heterocycles. The van der Waals surface area contributed by atoms with Crippen LogP contribution in [0, 0.1) is 0 Å². The van der Waals surface area contributed by atoms with Crippen molar-refractivity contribution in [3.8, 4) is 0 Å². The highest BCUT2D eigenvalue weighted by molar-refractivity contribution is 6.03. The topological polar surface area (TPSA) is 6.25 Å². The minimum Gasteiger partial charge on any atom is -0.332 e. The summed E-state index contributed by atoms with van der Waals surface area (Å²) in [7, 11) is 0. The fourth-order valence-electron chi connectivity index (χ4n) is 3.93. The maximum atomic E-state index is 13.2. The molecule has 1 aliphatic carbocycles. The third-order valence-corrected chi connectivity index (χ3v) is 5.55.